The van der Waals surface area contributed by atoms with E-state index in [0.717, 1.165) is 25.3 Å². The Balaban J connectivity index is 3.21. The maximum absolute atomic E-state index is 12.3. The summed E-state index contributed by atoms with van der Waals surface area (Å²) in [5.41, 5.74) is -5.51. The third kappa shape index (κ3) is 4.34. The highest BCUT2D eigenvalue weighted by Gasteiger charge is 2.48. The first-order chi connectivity index (χ1) is 10.1. The molecule has 10 heteroatoms. The summed E-state index contributed by atoms with van der Waals surface area (Å²) in [7, 11) is -4.70. The highest BCUT2D eigenvalue weighted by atomic mass is 32.2. The molecule has 0 aliphatic carbocycles. The zero-order valence-electron chi connectivity index (χ0n) is 11.4. The Kier molecular flexibility index (Phi) is 5.78. The fourth-order valence-electron chi connectivity index (χ4n) is 1.54. The molecule has 0 amide bonds. The van der Waals surface area contributed by atoms with Crippen molar-refractivity contribution in [3.63, 3.8) is 0 Å². The second-order valence-electron chi connectivity index (χ2n) is 4.12. The predicted molar refractivity (Wildman–Crippen MR) is 68.8 cm³/mol. The van der Waals surface area contributed by atoms with Gasteiger partial charge in [0.25, 0.3) is 0 Å². The lowest BCUT2D eigenvalue weighted by Crippen LogP contribution is -2.28. The molecule has 0 saturated carbocycles. The Morgan fingerprint density at radius 3 is 2.45 bits per heavy atom. The minimum absolute atomic E-state index is 0.0179. The number of hydrogen-bond acceptors (Lipinski definition) is 6. The number of rotatable bonds is 6. The van der Waals surface area contributed by atoms with E-state index in [1.54, 1.807) is 0 Å². The highest BCUT2D eigenvalue weighted by molar-refractivity contribution is 7.88. The number of benzene rings is 1. The Morgan fingerprint density at radius 1 is 1.32 bits per heavy atom. The lowest BCUT2D eigenvalue weighted by molar-refractivity contribution is -0.0500. The summed E-state index contributed by atoms with van der Waals surface area (Å²) in [6.45, 7) is -0.270. The van der Waals surface area contributed by atoms with Crippen molar-refractivity contribution < 1.29 is 40.4 Å². The minimum Gasteiger partial charge on any atom is -0.465 e. The fourth-order valence-corrected chi connectivity index (χ4v) is 2.03. The molecule has 0 atom stereocenters. The van der Waals surface area contributed by atoms with Crippen molar-refractivity contribution in [2.45, 2.75) is 18.3 Å². The van der Waals surface area contributed by atoms with E-state index in [1.165, 1.54) is 0 Å². The molecule has 1 N–H and O–H groups in total. The lowest BCUT2D eigenvalue weighted by Gasteiger charge is -2.13. The predicted octanol–water partition coefficient (Wildman–Crippen LogP) is 1.63. The van der Waals surface area contributed by atoms with Gasteiger partial charge in [0.2, 0.25) is 0 Å². The molecule has 0 radical (unpaired) electrons. The summed E-state index contributed by atoms with van der Waals surface area (Å²) in [5.74, 6) is -1.30. The van der Waals surface area contributed by atoms with Crippen LogP contribution >= 0.6 is 0 Å². The first-order valence-corrected chi connectivity index (χ1v) is 7.36. The van der Waals surface area contributed by atoms with Gasteiger partial charge in [0.05, 0.1) is 12.7 Å². The quantitative estimate of drug-likeness (QED) is 0.480. The third-order valence-electron chi connectivity index (χ3n) is 2.57. The van der Waals surface area contributed by atoms with E-state index in [-0.39, 0.29) is 30.6 Å². The van der Waals surface area contributed by atoms with Crippen LogP contribution in [0.25, 0.3) is 0 Å². The molecule has 124 valence electrons. The van der Waals surface area contributed by atoms with Crippen LogP contribution in [0.2, 0.25) is 0 Å². The number of carbonyl (C=O) groups excluding carboxylic acids is 1. The van der Waals surface area contributed by atoms with Crippen LogP contribution in [0.1, 0.15) is 22.3 Å². The van der Waals surface area contributed by atoms with Gasteiger partial charge in [-0.1, -0.05) is 0 Å². The molecule has 0 unspecified atom stereocenters. The van der Waals surface area contributed by atoms with E-state index in [2.05, 4.69) is 8.92 Å². The van der Waals surface area contributed by atoms with Gasteiger partial charge in [-0.05, 0) is 36.6 Å². The van der Waals surface area contributed by atoms with Gasteiger partial charge in [0.1, 0.15) is 5.75 Å². The van der Waals surface area contributed by atoms with Gasteiger partial charge in [-0.3, -0.25) is 0 Å². The third-order valence-corrected chi connectivity index (χ3v) is 3.53. The molecular formula is C12H13F3O6S. The van der Waals surface area contributed by atoms with E-state index in [1.807, 2.05) is 0 Å². The first kappa shape index (κ1) is 18.2. The number of esters is 1. The number of aliphatic hydroxyl groups excluding tert-OH is 1. The van der Waals surface area contributed by atoms with Crippen LogP contribution in [0, 0.1) is 0 Å². The number of halogens is 3. The van der Waals surface area contributed by atoms with E-state index in [4.69, 9.17) is 5.11 Å². The van der Waals surface area contributed by atoms with Gasteiger partial charge in [-0.25, -0.2) is 4.79 Å². The van der Waals surface area contributed by atoms with Crippen LogP contribution in [-0.2, 0) is 21.3 Å². The molecule has 6 nitrogen and oxygen atoms in total. The molecule has 0 spiro atoms. The van der Waals surface area contributed by atoms with Gasteiger partial charge < -0.3 is 14.0 Å². The molecule has 0 bridgehead atoms. The fraction of sp³-hybridized carbons (Fsp3) is 0.417. The smallest absolute Gasteiger partial charge is 0.465 e. The standard InChI is InChI=1S/C12H13F3O6S/c1-20-11(17)9-4-5-10(8(7-9)3-2-6-16)21-22(18,19)12(13,14)15/h4-5,7,16H,2-3,6H2,1H3. The van der Waals surface area contributed by atoms with Gasteiger partial charge in [0, 0.05) is 6.61 Å². The SMILES string of the molecule is COC(=O)c1ccc(OS(=O)(=O)C(F)(F)F)c(CCCO)c1. The Hall–Kier alpha value is -1.81. The van der Waals surface area contributed by atoms with E-state index < -0.39 is 27.3 Å². The van der Waals surface area contributed by atoms with Crippen LogP contribution in [0.5, 0.6) is 5.75 Å². The molecule has 0 heterocycles. The normalized spacial score (nSPS) is 12.0. The Morgan fingerprint density at radius 2 is 1.95 bits per heavy atom. The zero-order valence-corrected chi connectivity index (χ0v) is 12.2. The number of alkyl halides is 3. The molecule has 0 saturated heterocycles. The van der Waals surface area contributed by atoms with Crippen LogP contribution in [-0.4, -0.2) is 38.7 Å². The molecule has 1 aromatic carbocycles. The van der Waals surface area contributed by atoms with E-state index >= 15 is 0 Å². The van der Waals surface area contributed by atoms with Crippen LogP contribution in [0.3, 0.4) is 0 Å². The topological polar surface area (TPSA) is 89.9 Å². The number of aliphatic hydroxyl groups is 1. The van der Waals surface area contributed by atoms with Crippen molar-refractivity contribution in [2.75, 3.05) is 13.7 Å². The van der Waals surface area contributed by atoms with Gasteiger partial charge >= 0.3 is 21.6 Å². The largest absolute Gasteiger partial charge is 0.534 e. The second-order valence-corrected chi connectivity index (χ2v) is 5.66. The van der Waals surface area contributed by atoms with Gasteiger partial charge in [-0.2, -0.15) is 21.6 Å². The molecule has 0 aromatic heterocycles. The van der Waals surface area contributed by atoms with Crippen LogP contribution in [0.4, 0.5) is 13.2 Å². The monoisotopic (exact) mass is 342 g/mol. The van der Waals surface area contributed by atoms with Crippen molar-refractivity contribution in [1.82, 2.24) is 0 Å². The van der Waals surface area contributed by atoms with E-state index in [9.17, 15) is 26.4 Å². The summed E-state index contributed by atoms with van der Waals surface area (Å²) in [4.78, 5) is 11.4. The molecule has 1 rings (SSSR count). The maximum atomic E-state index is 12.3. The van der Waals surface area contributed by atoms with Crippen molar-refractivity contribution >= 4 is 16.1 Å². The summed E-state index contributed by atoms with van der Waals surface area (Å²) < 4.78 is 67.6. The summed E-state index contributed by atoms with van der Waals surface area (Å²) in [6, 6.07) is 3.17. The average Bonchev–Trinajstić information content (AvgIpc) is 2.43. The second kappa shape index (κ2) is 6.97. The maximum Gasteiger partial charge on any atom is 0.534 e. The average molecular weight is 342 g/mol. The molecular weight excluding hydrogens is 329 g/mol. The molecule has 0 aliphatic rings. The minimum atomic E-state index is -5.82. The number of ether oxygens (including phenoxy) is 1. The lowest BCUT2D eigenvalue weighted by atomic mass is 10.1. The Labute approximate surface area is 124 Å². The number of aryl methyl sites for hydroxylation is 1. The summed E-state index contributed by atoms with van der Waals surface area (Å²) >= 11 is 0. The van der Waals surface area contributed by atoms with Crippen LogP contribution in [0.15, 0.2) is 18.2 Å². The molecule has 22 heavy (non-hydrogen) atoms. The van der Waals surface area contributed by atoms with Crippen LogP contribution < -0.4 is 4.18 Å². The highest BCUT2D eigenvalue weighted by Crippen LogP contribution is 2.30. The van der Waals surface area contributed by atoms with E-state index in [0.29, 0.717) is 0 Å². The Bertz CT molecular complexity index is 639. The summed E-state index contributed by atoms with van der Waals surface area (Å²) in [5, 5.41) is 8.77. The summed E-state index contributed by atoms with van der Waals surface area (Å²) in [6.07, 6.45) is 0.164. The molecule has 1 aromatic rings. The number of hydrogen-bond donors (Lipinski definition) is 1. The first-order valence-electron chi connectivity index (χ1n) is 5.95. The van der Waals surface area contributed by atoms with Crippen molar-refractivity contribution in [2.24, 2.45) is 0 Å². The van der Waals surface area contributed by atoms with Crippen molar-refractivity contribution in [3.05, 3.63) is 29.3 Å². The van der Waals surface area contributed by atoms with Crippen molar-refractivity contribution in [1.29, 1.82) is 0 Å². The number of methoxy groups -OCH3 is 1. The molecule has 0 aliphatic heterocycles. The van der Waals surface area contributed by atoms with Gasteiger partial charge in [-0.15, -0.1) is 0 Å². The number of carbonyl (C=O) groups is 1. The van der Waals surface area contributed by atoms with Gasteiger partial charge in [0.15, 0.2) is 0 Å². The zero-order chi connectivity index (χ0) is 17.0. The van der Waals surface area contributed by atoms with Crippen molar-refractivity contribution in [3.8, 4) is 5.75 Å². The molecule has 0 fully saturated rings.